The lowest BCUT2D eigenvalue weighted by Crippen LogP contribution is -2.62. The summed E-state index contributed by atoms with van der Waals surface area (Å²) < 4.78 is 35.4. The Labute approximate surface area is 609 Å². The molecule has 558 valence electrons. The van der Waals surface area contributed by atoms with Crippen LogP contribution in [-0.2, 0) is 85.1 Å². The average molecular weight is 1490 g/mol. The van der Waals surface area contributed by atoms with Crippen LogP contribution < -0.4 is 58.4 Å². The van der Waals surface area contributed by atoms with Gasteiger partial charge in [-0.15, -0.1) is 0 Å². The van der Waals surface area contributed by atoms with E-state index in [1.54, 1.807) is 48.4 Å². The number of nitrogens with two attached hydrogens (primary N) is 1. The molecule has 8 atom stereocenters. The van der Waals surface area contributed by atoms with Crippen LogP contribution in [0.2, 0.25) is 0 Å². The number of carbonyl (C=O) groups excluding carboxylic acids is 9. The Kier molecular flexibility index (Phi) is 27.4. The number of ether oxygens (including phenoxy) is 1. The first-order valence-electron chi connectivity index (χ1n) is 33.8. The smallest absolute Gasteiger partial charge is 0.305 e. The van der Waals surface area contributed by atoms with Crippen molar-refractivity contribution >= 4 is 110 Å². The first-order chi connectivity index (χ1) is 50.3. The molecule has 2 aliphatic heterocycles. The van der Waals surface area contributed by atoms with Crippen LogP contribution in [0.15, 0.2) is 115 Å². The number of thioether (sulfide) groups is 2. The third kappa shape index (κ3) is 22.0. The van der Waals surface area contributed by atoms with Crippen LogP contribution >= 0.6 is 23.5 Å². The minimum atomic E-state index is -2.04. The molecule has 1 fully saturated rings. The zero-order chi connectivity index (χ0) is 75.3. The van der Waals surface area contributed by atoms with Crippen molar-refractivity contribution in [3.8, 4) is 5.75 Å². The minimum Gasteiger partial charge on any atom is -0.497 e. The SMILES string of the molecule is COc1ccc(C[C@@H]2NC(=O)[C@H](Cc3ncc[nH]3)NC(=O)[C@H](CC(=O)O)NC(=O)[C@H](Cc3c[nH]c4ccc(F)cc34)NC(=O)[C@H](Cc3c[nH]c4ccc(F)cc34)NC(=O)[C@@H](C)NC(=O)[C@H](CCCN=C(N)N[N+](=O)[O-])NC(=O)CCSCc3cccc(c3)CSCCNC(=O)[C@]3(C)CCCN3C2=O)cc1. The Bertz CT molecular complexity index is 4330. The highest BCUT2D eigenvalue weighted by Gasteiger charge is 2.48. The number of nitro groups is 1. The lowest BCUT2D eigenvalue weighted by Gasteiger charge is -2.36. The average Bonchev–Trinajstić information content (AvgIpc) is 1.69. The number of benzene rings is 4. The first-order valence-corrected chi connectivity index (χ1v) is 36.1. The molecule has 2 aliphatic rings. The molecule has 0 saturated carbocycles. The van der Waals surface area contributed by atoms with E-state index >= 15 is 23.6 Å². The number of fused-ring (bicyclic) bond motifs is 5. The second-order valence-corrected chi connectivity index (χ2v) is 27.7. The summed E-state index contributed by atoms with van der Waals surface area (Å²) in [6.07, 6.45) is 3.73. The van der Waals surface area contributed by atoms with Gasteiger partial charge in [0.2, 0.25) is 53.2 Å². The highest BCUT2D eigenvalue weighted by molar-refractivity contribution is 7.98. The molecule has 35 heteroatoms. The molecule has 31 nitrogen and oxygen atoms in total. The highest BCUT2D eigenvalue weighted by atomic mass is 32.2. The van der Waals surface area contributed by atoms with Gasteiger partial charge in [-0.2, -0.15) is 23.5 Å². The van der Waals surface area contributed by atoms with Gasteiger partial charge in [0.05, 0.1) is 13.5 Å². The van der Waals surface area contributed by atoms with Gasteiger partial charge in [0.1, 0.15) is 71.0 Å². The third-order valence-electron chi connectivity index (χ3n) is 17.9. The fraction of sp³-hybridized carbons (Fsp3) is 0.400. The zero-order valence-electron chi connectivity index (χ0n) is 57.6. The molecule has 0 radical (unpaired) electrons. The van der Waals surface area contributed by atoms with E-state index in [1.807, 2.05) is 24.3 Å². The Morgan fingerprint density at radius 3 is 1.89 bits per heavy atom. The fourth-order valence-electron chi connectivity index (χ4n) is 12.3. The number of H-pyrrole nitrogens is 3. The van der Waals surface area contributed by atoms with Crippen molar-refractivity contribution in [3.05, 3.63) is 165 Å². The van der Waals surface area contributed by atoms with Gasteiger partial charge in [-0.3, -0.25) is 47.9 Å². The van der Waals surface area contributed by atoms with E-state index in [0.717, 1.165) is 17.2 Å². The van der Waals surface area contributed by atoms with E-state index in [1.165, 1.54) is 85.8 Å². The lowest BCUT2D eigenvalue weighted by atomic mass is 9.95. The van der Waals surface area contributed by atoms with Crippen molar-refractivity contribution in [3.63, 3.8) is 0 Å². The number of amides is 9. The third-order valence-corrected chi connectivity index (χ3v) is 19.9. The van der Waals surface area contributed by atoms with Crippen molar-refractivity contribution in [1.29, 1.82) is 0 Å². The summed E-state index contributed by atoms with van der Waals surface area (Å²) in [5.74, 6) is -8.86. The number of carboxylic acids is 1. The molecule has 0 spiro atoms. The number of hydrazine groups is 1. The molecule has 15 N–H and O–H groups in total. The zero-order valence-corrected chi connectivity index (χ0v) is 59.3. The second-order valence-electron chi connectivity index (χ2n) is 25.5. The van der Waals surface area contributed by atoms with Crippen molar-refractivity contribution in [2.75, 3.05) is 38.2 Å². The van der Waals surface area contributed by atoms with E-state index in [0.29, 0.717) is 51.8 Å². The molecule has 1 saturated heterocycles. The number of aromatic amines is 3. The number of carbonyl (C=O) groups is 10. The molecule has 2 bridgehead atoms. The van der Waals surface area contributed by atoms with Crippen LogP contribution in [0.5, 0.6) is 5.75 Å². The molecule has 5 heterocycles. The van der Waals surface area contributed by atoms with E-state index in [2.05, 4.69) is 67.5 Å². The maximum Gasteiger partial charge on any atom is 0.305 e. The standard InChI is InChI=1S/C70H83F2N17O14S2/c1-39-61(93)82-53(29-43-35-78-50-16-12-45(71)31-48(43)50)63(95)83-54(30-44-36-79-51-17-13-46(72)32-49(44)51)64(96)85-56(34-60(91)92)66(98)84-55(33-58-74-21-22-75-58)65(97)86-57(28-40-10-14-47(103-3)15-11-40)67(99)88-24-6-19-70(88,2)68(100)76-23-26-105-38-42-8-4-7-41(27-42)37-104-25-18-59(90)81-52(62(94)80-39)9-5-20-77-69(73)87-89(101)102/h4,7-8,10-17,21-22,27,31-32,35-36,39,52-57,78-79H,5-6,9,18-20,23-26,28-30,33-34,37-38H2,1-3H3,(H,74,75)(H,76,100)(H,80,94)(H,81,90)(H,82,93)(H,83,95)(H,84,98)(H,85,96)(H,86,97)(H,91,92)(H3,73,77,87)/t39-,52+,53+,54+,55+,56+,57+,70+/m1/s1. The van der Waals surface area contributed by atoms with Crippen molar-refractivity contribution < 1.29 is 71.6 Å². The van der Waals surface area contributed by atoms with Crippen LogP contribution in [0.3, 0.4) is 0 Å². The molecule has 105 heavy (non-hydrogen) atoms. The number of hydrogen-bond acceptors (Lipinski definition) is 17. The number of imidazole rings is 1. The maximum absolute atomic E-state index is 15.2. The number of halogens is 2. The van der Waals surface area contributed by atoms with Gasteiger partial charge < -0.3 is 78.0 Å². The van der Waals surface area contributed by atoms with E-state index < -0.39 is 155 Å². The van der Waals surface area contributed by atoms with Gasteiger partial charge in [0.15, 0.2) is 5.03 Å². The molecule has 0 unspecified atom stereocenters. The minimum absolute atomic E-state index is 0.0469. The summed E-state index contributed by atoms with van der Waals surface area (Å²) in [5.41, 5.74) is 9.81. The molecule has 3 aromatic heterocycles. The van der Waals surface area contributed by atoms with Gasteiger partial charge >= 0.3 is 5.97 Å². The number of aromatic nitrogens is 4. The molecule has 9 amide bonds. The van der Waals surface area contributed by atoms with Crippen LogP contribution in [-0.4, -0.2) is 186 Å². The molecule has 0 aliphatic carbocycles. The summed E-state index contributed by atoms with van der Waals surface area (Å²) in [6, 6.07) is 10.7. The van der Waals surface area contributed by atoms with E-state index in [-0.39, 0.29) is 79.5 Å². The summed E-state index contributed by atoms with van der Waals surface area (Å²) in [7, 11) is 1.48. The molecule has 4 aromatic carbocycles. The number of methoxy groups -OCH3 is 1. The normalized spacial score (nSPS) is 22.4. The Balaban J connectivity index is 1.06. The van der Waals surface area contributed by atoms with Gasteiger partial charge in [-0.25, -0.2) is 28.9 Å². The number of nitrogens with zero attached hydrogens (tertiary/aromatic N) is 4. The lowest BCUT2D eigenvalue weighted by molar-refractivity contribution is -0.525. The predicted octanol–water partition coefficient (Wildman–Crippen LogP) is 2.76. The first kappa shape index (κ1) is 78.0. The quantitative estimate of drug-likeness (QED) is 0.0217. The number of rotatable bonds is 16. The molecule has 7 aromatic rings. The largest absolute Gasteiger partial charge is 0.497 e. The second kappa shape index (κ2) is 36.9. The number of aliphatic imine (C=N–C) groups is 1. The fourth-order valence-corrected chi connectivity index (χ4v) is 14.0. The summed E-state index contributed by atoms with van der Waals surface area (Å²) >= 11 is 3.02. The summed E-state index contributed by atoms with van der Waals surface area (Å²) in [4.78, 5) is 175. The highest BCUT2D eigenvalue weighted by Crippen LogP contribution is 2.31. The Hall–Kier alpha value is -11.1. The van der Waals surface area contributed by atoms with Crippen molar-refractivity contribution in [2.45, 2.75) is 137 Å². The summed E-state index contributed by atoms with van der Waals surface area (Å²) in [6.45, 7) is 3.17. The van der Waals surface area contributed by atoms with Crippen LogP contribution in [0.25, 0.3) is 21.8 Å². The molecule has 9 rings (SSSR count). The van der Waals surface area contributed by atoms with Gasteiger partial charge in [0, 0.05) is 121 Å². The monoisotopic (exact) mass is 1490 g/mol. The molecular weight excluding hydrogens is 1410 g/mol. The molecular formula is C70H83F2N17O14S2. The number of guanidine groups is 1. The van der Waals surface area contributed by atoms with Gasteiger partial charge in [-0.1, -0.05) is 41.8 Å². The number of carboxylic acid groups (broad SMARTS) is 1. The van der Waals surface area contributed by atoms with Crippen molar-refractivity contribution in [1.82, 2.24) is 72.8 Å². The maximum atomic E-state index is 15.2. The van der Waals surface area contributed by atoms with Crippen LogP contribution in [0.1, 0.15) is 86.0 Å². The topological polar surface area (TPSA) is 453 Å². The van der Waals surface area contributed by atoms with Gasteiger partial charge in [-0.05, 0) is 116 Å². The van der Waals surface area contributed by atoms with Crippen LogP contribution in [0.4, 0.5) is 8.78 Å². The van der Waals surface area contributed by atoms with Crippen molar-refractivity contribution in [2.24, 2.45) is 10.7 Å². The summed E-state index contributed by atoms with van der Waals surface area (Å²) in [5, 5.41) is 42.3. The predicted molar refractivity (Wildman–Crippen MR) is 386 cm³/mol. The van der Waals surface area contributed by atoms with E-state index in [9.17, 15) is 48.4 Å². The van der Waals surface area contributed by atoms with Gasteiger partial charge in [0.25, 0.3) is 5.96 Å². The van der Waals surface area contributed by atoms with Crippen LogP contribution in [0, 0.1) is 21.7 Å². The number of hydrogen-bond donors (Lipinski definition) is 14. The number of nitrogens with one attached hydrogen (secondary N) is 12. The number of aliphatic carboxylic acids is 1. The van der Waals surface area contributed by atoms with E-state index in [4.69, 9.17) is 10.5 Å². The Morgan fingerprint density at radius 1 is 0.724 bits per heavy atom. The Morgan fingerprint density at radius 2 is 1.30 bits per heavy atom.